The number of thioether (sulfide) groups is 1. The number of carbonyl (C=O) groups excluding carboxylic acids is 2. The van der Waals surface area contributed by atoms with Gasteiger partial charge in [0, 0.05) is 16.7 Å². The molecule has 7 heteroatoms. The lowest BCUT2D eigenvalue weighted by molar-refractivity contribution is -0.147. The molecule has 2 aromatic carbocycles. The van der Waals surface area contributed by atoms with E-state index in [1.807, 2.05) is 42.7 Å². The van der Waals surface area contributed by atoms with E-state index in [-0.39, 0.29) is 30.2 Å². The van der Waals surface area contributed by atoms with Crippen molar-refractivity contribution in [3.63, 3.8) is 0 Å². The van der Waals surface area contributed by atoms with Gasteiger partial charge in [0.15, 0.2) is 5.76 Å². The maximum atomic E-state index is 13.2. The molecule has 3 aromatic rings. The molecule has 0 saturated heterocycles. The van der Waals surface area contributed by atoms with Crippen LogP contribution in [-0.2, 0) is 15.3 Å². The number of para-hydroxylation sites is 1. The van der Waals surface area contributed by atoms with Gasteiger partial charge < -0.3 is 19.2 Å². The van der Waals surface area contributed by atoms with Crippen LogP contribution in [0.2, 0.25) is 0 Å². The summed E-state index contributed by atoms with van der Waals surface area (Å²) in [4.78, 5) is 25.6. The fourth-order valence-electron chi connectivity index (χ4n) is 3.36. The lowest BCUT2D eigenvalue weighted by Crippen LogP contribution is -2.31. The molecule has 0 radical (unpaired) electrons. The second kappa shape index (κ2) is 10.4. The number of fused-ring (bicyclic) bond motifs is 1. The molecule has 1 N–H and O–H groups in total. The third-order valence-electron chi connectivity index (χ3n) is 4.75. The third kappa shape index (κ3) is 5.61. The summed E-state index contributed by atoms with van der Waals surface area (Å²) in [5, 5.41) is 3.89. The summed E-state index contributed by atoms with van der Waals surface area (Å²) in [7, 11) is 1.59. The number of methoxy groups -OCH3 is 1. The van der Waals surface area contributed by atoms with Gasteiger partial charge in [-0.1, -0.05) is 30.3 Å². The quantitative estimate of drug-likeness (QED) is 0.465. The van der Waals surface area contributed by atoms with Gasteiger partial charge in [0.05, 0.1) is 25.7 Å². The lowest BCUT2D eigenvalue weighted by atomic mass is 10.0. The average Bonchev–Trinajstić information content (AvgIpc) is 3.12. The number of benzene rings is 2. The Hall–Kier alpha value is -2.93. The van der Waals surface area contributed by atoms with Crippen molar-refractivity contribution < 1.29 is 23.5 Å². The second-order valence-corrected chi connectivity index (χ2v) is 8.25. The van der Waals surface area contributed by atoms with Crippen molar-refractivity contribution >= 4 is 34.6 Å². The van der Waals surface area contributed by atoms with Crippen molar-refractivity contribution in [3.8, 4) is 5.75 Å². The van der Waals surface area contributed by atoms with E-state index in [1.54, 1.807) is 44.9 Å². The van der Waals surface area contributed by atoms with E-state index in [0.717, 1.165) is 16.5 Å². The highest BCUT2D eigenvalue weighted by Crippen LogP contribution is 2.30. The standard InChI is InChI=1S/C24H27NO5S/c1-15(2)29-22(26)13-20(16-9-11-17(28-3)12-10-16)25-24(27)23-19(14-31-4)18-7-5-6-8-21(18)30-23/h5-12,15,20H,13-14H2,1-4H3,(H,25,27). The van der Waals surface area contributed by atoms with Crippen LogP contribution >= 0.6 is 11.8 Å². The molecule has 1 unspecified atom stereocenters. The first-order valence-corrected chi connectivity index (χ1v) is 11.5. The summed E-state index contributed by atoms with van der Waals surface area (Å²) < 4.78 is 16.4. The van der Waals surface area contributed by atoms with E-state index in [1.165, 1.54) is 0 Å². The van der Waals surface area contributed by atoms with E-state index in [0.29, 0.717) is 17.1 Å². The molecule has 31 heavy (non-hydrogen) atoms. The molecule has 164 valence electrons. The molecule has 0 aliphatic carbocycles. The number of hydrogen-bond donors (Lipinski definition) is 1. The minimum Gasteiger partial charge on any atom is -0.497 e. The van der Waals surface area contributed by atoms with Crippen LogP contribution in [0.5, 0.6) is 5.75 Å². The average molecular weight is 442 g/mol. The minimum atomic E-state index is -0.569. The van der Waals surface area contributed by atoms with E-state index in [4.69, 9.17) is 13.9 Å². The molecule has 1 amide bonds. The molecular formula is C24H27NO5S. The summed E-state index contributed by atoms with van der Waals surface area (Å²) in [6, 6.07) is 14.3. The minimum absolute atomic E-state index is 0.00827. The summed E-state index contributed by atoms with van der Waals surface area (Å²) in [6.07, 6.45) is 1.75. The Labute approximate surface area is 186 Å². The molecule has 0 fully saturated rings. The van der Waals surface area contributed by atoms with E-state index < -0.39 is 6.04 Å². The molecule has 3 rings (SSSR count). The summed E-state index contributed by atoms with van der Waals surface area (Å²) in [6.45, 7) is 3.59. The van der Waals surface area contributed by atoms with Gasteiger partial charge >= 0.3 is 5.97 Å². The van der Waals surface area contributed by atoms with Crippen LogP contribution in [0.3, 0.4) is 0 Å². The van der Waals surface area contributed by atoms with Gasteiger partial charge in [-0.25, -0.2) is 0 Å². The van der Waals surface area contributed by atoms with Crippen LogP contribution in [0, 0.1) is 0 Å². The SMILES string of the molecule is COc1ccc(C(CC(=O)OC(C)C)NC(=O)c2oc3ccccc3c2CSC)cc1. The normalized spacial score (nSPS) is 12.0. The van der Waals surface area contributed by atoms with Crippen molar-refractivity contribution in [1.82, 2.24) is 5.32 Å². The lowest BCUT2D eigenvalue weighted by Gasteiger charge is -2.19. The number of furan rings is 1. The van der Waals surface area contributed by atoms with E-state index in [2.05, 4.69) is 5.32 Å². The van der Waals surface area contributed by atoms with Gasteiger partial charge in [-0.15, -0.1) is 0 Å². The van der Waals surface area contributed by atoms with Gasteiger partial charge in [0.1, 0.15) is 11.3 Å². The van der Waals surface area contributed by atoms with Crippen molar-refractivity contribution in [2.75, 3.05) is 13.4 Å². The topological polar surface area (TPSA) is 77.8 Å². The fourth-order valence-corrected chi connectivity index (χ4v) is 3.94. The zero-order valence-corrected chi connectivity index (χ0v) is 19.0. The number of nitrogens with one attached hydrogen (secondary N) is 1. The predicted octanol–water partition coefficient (Wildman–Crippen LogP) is 5.12. The monoisotopic (exact) mass is 441 g/mol. The number of amides is 1. The number of carbonyl (C=O) groups is 2. The molecule has 6 nitrogen and oxygen atoms in total. The zero-order valence-electron chi connectivity index (χ0n) is 18.1. The molecule has 1 aromatic heterocycles. The first-order valence-electron chi connectivity index (χ1n) is 10.1. The molecule has 1 heterocycles. The first-order chi connectivity index (χ1) is 14.9. The van der Waals surface area contributed by atoms with Gasteiger partial charge in [0.25, 0.3) is 5.91 Å². The van der Waals surface area contributed by atoms with Gasteiger partial charge in [-0.3, -0.25) is 9.59 Å². The molecule has 0 spiro atoms. The van der Waals surface area contributed by atoms with Crippen LogP contribution in [0.1, 0.15) is 48.0 Å². The van der Waals surface area contributed by atoms with Crippen LogP contribution in [0.4, 0.5) is 0 Å². The third-order valence-corrected chi connectivity index (χ3v) is 5.33. The van der Waals surface area contributed by atoms with Crippen LogP contribution in [0.15, 0.2) is 52.9 Å². The smallest absolute Gasteiger partial charge is 0.308 e. The van der Waals surface area contributed by atoms with E-state index >= 15 is 0 Å². The van der Waals surface area contributed by atoms with Crippen molar-refractivity contribution in [2.45, 2.75) is 38.2 Å². The number of rotatable bonds is 9. The predicted molar refractivity (Wildman–Crippen MR) is 122 cm³/mol. The number of hydrogen-bond acceptors (Lipinski definition) is 6. The van der Waals surface area contributed by atoms with Crippen molar-refractivity contribution in [2.24, 2.45) is 0 Å². The Morgan fingerprint density at radius 2 is 1.81 bits per heavy atom. The summed E-state index contributed by atoms with van der Waals surface area (Å²) in [5.74, 6) is 0.857. The Bertz CT molecular complexity index is 1040. The molecule has 1 atom stereocenters. The Morgan fingerprint density at radius 3 is 2.45 bits per heavy atom. The zero-order chi connectivity index (χ0) is 22.4. The number of esters is 1. The van der Waals surface area contributed by atoms with Gasteiger partial charge in [0.2, 0.25) is 0 Å². The van der Waals surface area contributed by atoms with Gasteiger partial charge in [-0.05, 0) is 43.9 Å². The highest BCUT2D eigenvalue weighted by Gasteiger charge is 2.25. The van der Waals surface area contributed by atoms with Crippen molar-refractivity contribution in [3.05, 3.63) is 65.4 Å². The van der Waals surface area contributed by atoms with Crippen LogP contribution in [0.25, 0.3) is 11.0 Å². The number of ether oxygens (including phenoxy) is 2. The Kier molecular flexibility index (Phi) is 7.63. The highest BCUT2D eigenvalue weighted by atomic mass is 32.2. The van der Waals surface area contributed by atoms with Crippen LogP contribution in [-0.4, -0.2) is 31.3 Å². The summed E-state index contributed by atoms with van der Waals surface area (Å²) in [5.41, 5.74) is 2.29. The van der Waals surface area contributed by atoms with Crippen LogP contribution < -0.4 is 10.1 Å². The largest absolute Gasteiger partial charge is 0.497 e. The Balaban J connectivity index is 1.91. The summed E-state index contributed by atoms with van der Waals surface area (Å²) >= 11 is 1.61. The van der Waals surface area contributed by atoms with Gasteiger partial charge in [-0.2, -0.15) is 11.8 Å². The van der Waals surface area contributed by atoms with E-state index in [9.17, 15) is 9.59 Å². The molecule has 0 saturated carbocycles. The van der Waals surface area contributed by atoms with Crippen molar-refractivity contribution in [1.29, 1.82) is 0 Å². The molecule has 0 bridgehead atoms. The maximum absolute atomic E-state index is 13.2. The molecule has 0 aliphatic rings. The Morgan fingerprint density at radius 1 is 1.10 bits per heavy atom. The first kappa shape index (κ1) is 22.7. The second-order valence-electron chi connectivity index (χ2n) is 7.38. The fraction of sp³-hybridized carbons (Fsp3) is 0.333. The molecular weight excluding hydrogens is 414 g/mol. The molecule has 0 aliphatic heterocycles. The highest BCUT2D eigenvalue weighted by molar-refractivity contribution is 7.97. The maximum Gasteiger partial charge on any atom is 0.308 e.